The lowest BCUT2D eigenvalue weighted by atomic mass is 10.1. The third-order valence-corrected chi connectivity index (χ3v) is 3.29. The molecule has 0 unspecified atom stereocenters. The van der Waals surface area contributed by atoms with Gasteiger partial charge in [0.2, 0.25) is 0 Å². The van der Waals surface area contributed by atoms with Gasteiger partial charge in [0.1, 0.15) is 0 Å². The second-order valence-electron chi connectivity index (χ2n) is 2.82. The predicted octanol–water partition coefficient (Wildman–Crippen LogP) is 1.45. The molecule has 1 nitrogen and oxygen atoms in total. The van der Waals surface area contributed by atoms with Crippen LogP contribution < -0.4 is 5.32 Å². The van der Waals surface area contributed by atoms with Crippen molar-refractivity contribution >= 4 is 11.8 Å². The van der Waals surface area contributed by atoms with Crippen molar-refractivity contribution in [2.24, 2.45) is 0 Å². The fourth-order valence-corrected chi connectivity index (χ4v) is 1.76. The van der Waals surface area contributed by atoms with Crippen molar-refractivity contribution in [3.8, 4) is 0 Å². The standard InChI is InChI=1S/C6H13NS/c1-5-6(2,3)8-4-7-5/h5,7H,4H2,1-3H3/t5-/m1/s1. The third kappa shape index (κ3) is 1.00. The number of nitrogens with one attached hydrogen (secondary N) is 1. The molecule has 0 aromatic carbocycles. The lowest BCUT2D eigenvalue weighted by molar-refractivity contribution is 0.523. The van der Waals surface area contributed by atoms with Crippen molar-refractivity contribution in [1.29, 1.82) is 0 Å². The number of rotatable bonds is 0. The maximum absolute atomic E-state index is 3.37. The van der Waals surface area contributed by atoms with E-state index in [9.17, 15) is 0 Å². The Morgan fingerprint density at radius 2 is 2.25 bits per heavy atom. The van der Waals surface area contributed by atoms with Gasteiger partial charge in [0.25, 0.3) is 0 Å². The predicted molar refractivity (Wildman–Crippen MR) is 39.1 cm³/mol. The van der Waals surface area contributed by atoms with E-state index in [2.05, 4.69) is 26.1 Å². The van der Waals surface area contributed by atoms with E-state index in [0.717, 1.165) is 5.88 Å². The number of hydrogen-bond donors (Lipinski definition) is 1. The third-order valence-electron chi connectivity index (χ3n) is 1.88. The van der Waals surface area contributed by atoms with E-state index in [0.29, 0.717) is 10.8 Å². The van der Waals surface area contributed by atoms with Crippen molar-refractivity contribution in [3.05, 3.63) is 0 Å². The van der Waals surface area contributed by atoms with Gasteiger partial charge in [-0.05, 0) is 20.8 Å². The van der Waals surface area contributed by atoms with Gasteiger partial charge >= 0.3 is 0 Å². The molecule has 1 aliphatic rings. The molecule has 0 spiro atoms. The van der Waals surface area contributed by atoms with Crippen molar-refractivity contribution in [2.75, 3.05) is 5.88 Å². The maximum Gasteiger partial charge on any atom is 0.0426 e. The van der Waals surface area contributed by atoms with Gasteiger partial charge in [-0.15, -0.1) is 11.8 Å². The molecule has 0 radical (unpaired) electrons. The maximum atomic E-state index is 3.37. The van der Waals surface area contributed by atoms with Crippen LogP contribution in [0.1, 0.15) is 20.8 Å². The highest BCUT2D eigenvalue weighted by molar-refractivity contribution is 8.00. The van der Waals surface area contributed by atoms with Crippen molar-refractivity contribution in [2.45, 2.75) is 31.6 Å². The van der Waals surface area contributed by atoms with Crippen LogP contribution in [0.4, 0.5) is 0 Å². The second-order valence-corrected chi connectivity index (χ2v) is 4.45. The van der Waals surface area contributed by atoms with E-state index in [1.54, 1.807) is 0 Å². The van der Waals surface area contributed by atoms with E-state index in [-0.39, 0.29) is 0 Å². The molecule has 0 bridgehead atoms. The minimum Gasteiger partial charge on any atom is -0.304 e. The lowest BCUT2D eigenvalue weighted by Crippen LogP contribution is -2.32. The molecular weight excluding hydrogens is 118 g/mol. The first-order valence-electron chi connectivity index (χ1n) is 3.00. The smallest absolute Gasteiger partial charge is 0.0426 e. The van der Waals surface area contributed by atoms with Gasteiger partial charge in [-0.1, -0.05) is 0 Å². The van der Waals surface area contributed by atoms with Gasteiger partial charge in [-0.2, -0.15) is 0 Å². The molecule has 0 aromatic heterocycles. The van der Waals surface area contributed by atoms with Crippen LogP contribution in [0.25, 0.3) is 0 Å². The molecule has 8 heavy (non-hydrogen) atoms. The zero-order chi connectivity index (χ0) is 6.20. The van der Waals surface area contributed by atoms with Crippen LogP contribution in [-0.4, -0.2) is 16.7 Å². The average molecular weight is 131 g/mol. The summed E-state index contributed by atoms with van der Waals surface area (Å²) in [7, 11) is 0. The minimum absolute atomic E-state index is 0.458. The molecule has 1 heterocycles. The molecule has 0 amide bonds. The van der Waals surface area contributed by atoms with E-state index < -0.39 is 0 Å². The van der Waals surface area contributed by atoms with Gasteiger partial charge in [0.15, 0.2) is 0 Å². The molecule has 2 heteroatoms. The zero-order valence-electron chi connectivity index (χ0n) is 5.69. The summed E-state index contributed by atoms with van der Waals surface area (Å²) in [6.07, 6.45) is 0. The first-order chi connectivity index (χ1) is 3.63. The Labute approximate surface area is 55.2 Å². The zero-order valence-corrected chi connectivity index (χ0v) is 6.51. The van der Waals surface area contributed by atoms with Crippen LogP contribution >= 0.6 is 11.8 Å². The Morgan fingerprint density at radius 1 is 1.62 bits per heavy atom. The lowest BCUT2D eigenvalue weighted by Gasteiger charge is -2.20. The van der Waals surface area contributed by atoms with Crippen molar-refractivity contribution < 1.29 is 0 Å². The fraction of sp³-hybridized carbons (Fsp3) is 1.00. The topological polar surface area (TPSA) is 12.0 Å². The normalized spacial score (nSPS) is 35.6. The summed E-state index contributed by atoms with van der Waals surface area (Å²) < 4.78 is 0.458. The van der Waals surface area contributed by atoms with Gasteiger partial charge in [-0.25, -0.2) is 0 Å². The Kier molecular flexibility index (Phi) is 1.54. The van der Waals surface area contributed by atoms with Crippen molar-refractivity contribution in [3.63, 3.8) is 0 Å². The summed E-state index contributed by atoms with van der Waals surface area (Å²) in [4.78, 5) is 0. The van der Waals surface area contributed by atoms with Gasteiger partial charge in [0.05, 0.1) is 0 Å². The molecule has 1 aliphatic heterocycles. The van der Waals surface area contributed by atoms with Gasteiger partial charge in [-0.3, -0.25) is 0 Å². The van der Waals surface area contributed by atoms with Crippen LogP contribution in [0.5, 0.6) is 0 Å². The highest BCUT2D eigenvalue weighted by atomic mass is 32.2. The van der Waals surface area contributed by atoms with Crippen molar-refractivity contribution in [1.82, 2.24) is 5.32 Å². The first-order valence-corrected chi connectivity index (χ1v) is 3.99. The molecule has 1 saturated heterocycles. The van der Waals surface area contributed by atoms with Crippen LogP contribution in [0, 0.1) is 0 Å². The first kappa shape index (κ1) is 6.43. The molecule has 0 saturated carbocycles. The Morgan fingerprint density at radius 3 is 2.38 bits per heavy atom. The molecule has 1 atom stereocenters. The summed E-state index contributed by atoms with van der Waals surface area (Å²) in [5.74, 6) is 1.12. The quantitative estimate of drug-likeness (QED) is 0.534. The Hall–Kier alpha value is 0.310. The number of hydrogen-bond acceptors (Lipinski definition) is 2. The summed E-state index contributed by atoms with van der Waals surface area (Å²) in [6.45, 7) is 6.80. The molecular formula is C6H13NS. The van der Waals surface area contributed by atoms with Crippen LogP contribution in [0.2, 0.25) is 0 Å². The molecule has 0 aromatic rings. The largest absolute Gasteiger partial charge is 0.304 e. The van der Waals surface area contributed by atoms with E-state index in [1.165, 1.54) is 0 Å². The van der Waals surface area contributed by atoms with E-state index >= 15 is 0 Å². The average Bonchev–Trinajstić information content (AvgIpc) is 1.86. The number of thioether (sulfide) groups is 1. The van der Waals surface area contributed by atoms with Crippen LogP contribution in [0.15, 0.2) is 0 Å². The Bertz CT molecular complexity index is 90.5. The summed E-state index contributed by atoms with van der Waals surface area (Å²) >= 11 is 2.00. The molecule has 1 rings (SSSR count). The SMILES string of the molecule is C[C@H]1NCSC1(C)C. The highest BCUT2D eigenvalue weighted by Crippen LogP contribution is 2.32. The van der Waals surface area contributed by atoms with Crippen LogP contribution in [0.3, 0.4) is 0 Å². The van der Waals surface area contributed by atoms with Gasteiger partial charge in [0, 0.05) is 16.7 Å². The van der Waals surface area contributed by atoms with Gasteiger partial charge < -0.3 is 5.32 Å². The highest BCUT2D eigenvalue weighted by Gasteiger charge is 2.30. The molecule has 0 aliphatic carbocycles. The minimum atomic E-state index is 0.458. The molecule has 1 N–H and O–H groups in total. The monoisotopic (exact) mass is 131 g/mol. The fourth-order valence-electron chi connectivity index (χ4n) is 0.723. The van der Waals surface area contributed by atoms with E-state index in [1.807, 2.05) is 11.8 Å². The summed E-state index contributed by atoms with van der Waals surface area (Å²) in [5.41, 5.74) is 0. The second kappa shape index (κ2) is 1.92. The van der Waals surface area contributed by atoms with E-state index in [4.69, 9.17) is 0 Å². The summed E-state index contributed by atoms with van der Waals surface area (Å²) in [6, 6.07) is 0.674. The molecule has 48 valence electrons. The Balaban J connectivity index is 2.54. The van der Waals surface area contributed by atoms with Crippen LogP contribution in [-0.2, 0) is 0 Å². The summed E-state index contributed by atoms with van der Waals surface area (Å²) in [5, 5.41) is 3.37. The molecule has 1 fully saturated rings.